The van der Waals surface area contributed by atoms with Crippen LogP contribution in [0, 0.1) is 0 Å². The van der Waals surface area contributed by atoms with Crippen LogP contribution in [0.4, 0.5) is 14.4 Å². The minimum atomic E-state index is -1.08. The number of ether oxygens (including phenoxy) is 3. The van der Waals surface area contributed by atoms with Crippen molar-refractivity contribution >= 4 is 88.3 Å². The van der Waals surface area contributed by atoms with Crippen LogP contribution in [0.5, 0.6) is 0 Å². The van der Waals surface area contributed by atoms with Crippen molar-refractivity contribution < 1.29 is 52.9 Å². The molecular weight excluding hydrogens is 1140 g/mol. The molecule has 90 heavy (non-hydrogen) atoms. The van der Waals surface area contributed by atoms with Gasteiger partial charge in [0.1, 0.15) is 16.8 Å². The van der Waals surface area contributed by atoms with E-state index in [0.29, 0.717) is 106 Å². The third-order valence-electron chi connectivity index (χ3n) is 13.7. The van der Waals surface area contributed by atoms with Crippen molar-refractivity contribution in [3.63, 3.8) is 0 Å². The maximum Gasteiger partial charge on any atom is 0.407 e. The molecule has 8 bridgehead atoms. The van der Waals surface area contributed by atoms with Crippen molar-refractivity contribution in [2.45, 2.75) is 79.1 Å². The van der Waals surface area contributed by atoms with Crippen molar-refractivity contribution in [3.8, 4) is 44.5 Å². The molecule has 3 aromatic heterocycles. The second kappa shape index (κ2) is 27.1. The van der Waals surface area contributed by atoms with Crippen LogP contribution in [-0.2, 0) is 14.2 Å². The number of nitrogens with zero attached hydrogens (tertiary/aromatic N) is 2. The molecule has 21 heteroatoms. The SMILES string of the molecule is CC(C)(C)OC(=O)NCCNC(=O)c1ccc(-c2c3nc(c(-c4ccc(C(=O)NCCNC(=O)OC(C)(C)C)cc4)c4ccc([nH]4)c(-c4ccc(C(=O)NCCNC(=O)OC(C)(C)C)cc4)c4nc(c(-c5ccc(C(=O)O)cc5)c5ccc2[nH]5)C=C4)C=C3)cc1. The molecule has 0 saturated carbocycles. The number of carboxylic acid groups (broad SMARTS) is 1. The highest BCUT2D eigenvalue weighted by Crippen LogP contribution is 2.39. The molecule has 21 nitrogen and oxygen atoms in total. The highest BCUT2D eigenvalue weighted by molar-refractivity contribution is 6.02. The Hall–Kier alpha value is -10.8. The normalized spacial score (nSPS) is 11.9. The Morgan fingerprint density at radius 1 is 0.344 bits per heavy atom. The number of amides is 6. The van der Waals surface area contributed by atoms with Crippen LogP contribution < -0.4 is 31.9 Å². The molecule has 464 valence electrons. The standard InChI is InChI=1S/C69H72N10O11/c1-67(2,3)88-64(85)73-37-34-70-60(80)44-18-10-40(11-19-44)56-48-26-28-50(76-48)57(41-12-20-45(21-13-41)61(81)71-35-38-74-65(86)89-68(4,5)6)52-30-32-54(78-52)59(43-16-24-47(25-17-43)63(83)84)55-33-31-53(79-55)58(51-29-27-49(56)77-51)42-14-22-46(23-15-42)62(82)72-36-39-75-66(87)90-69(7,8)9/h10-33,76,79H,34-39H2,1-9H3,(H,70,80)(H,71,81)(H,72,82)(H,73,85)(H,74,86)(H,75,87)(H,83,84). The molecule has 0 atom stereocenters. The number of benzene rings is 4. The summed E-state index contributed by atoms with van der Waals surface area (Å²) in [6.45, 7) is 16.8. The lowest BCUT2D eigenvalue weighted by Crippen LogP contribution is -2.37. The van der Waals surface area contributed by atoms with Gasteiger partial charge in [-0.15, -0.1) is 0 Å². The molecule has 9 N–H and O–H groups in total. The quantitative estimate of drug-likeness (QED) is 0.0303. The minimum Gasteiger partial charge on any atom is -0.478 e. The lowest BCUT2D eigenvalue weighted by molar-refractivity contribution is 0.0516. The summed E-state index contributed by atoms with van der Waals surface area (Å²) in [5, 5.41) is 26.4. The summed E-state index contributed by atoms with van der Waals surface area (Å²) in [7, 11) is 0. The number of aromatic carboxylic acids is 1. The number of alkyl carbamates (subject to hydrolysis) is 3. The Bertz CT molecular complexity index is 4040. The fraction of sp³-hybridized carbons (Fsp3) is 0.261. The second-order valence-electron chi connectivity index (χ2n) is 24.2. The third kappa shape index (κ3) is 16.4. The highest BCUT2D eigenvalue weighted by atomic mass is 16.6. The maximum absolute atomic E-state index is 13.5. The molecule has 7 aromatic rings. The van der Waals surface area contributed by atoms with E-state index in [2.05, 4.69) is 41.9 Å². The van der Waals surface area contributed by atoms with Gasteiger partial charge in [0.2, 0.25) is 0 Å². The molecule has 4 aromatic carbocycles. The van der Waals surface area contributed by atoms with Gasteiger partial charge in [-0.3, -0.25) is 14.4 Å². The monoisotopic (exact) mass is 1220 g/mol. The zero-order valence-corrected chi connectivity index (χ0v) is 51.5. The second-order valence-corrected chi connectivity index (χ2v) is 24.2. The van der Waals surface area contributed by atoms with E-state index in [1.54, 1.807) is 111 Å². The van der Waals surface area contributed by atoms with Gasteiger partial charge in [0.05, 0.1) is 28.3 Å². The summed E-state index contributed by atoms with van der Waals surface area (Å²) in [6.07, 6.45) is 5.83. The highest BCUT2D eigenvalue weighted by Gasteiger charge is 2.23. The first-order valence-corrected chi connectivity index (χ1v) is 29.3. The number of rotatable bonds is 17. The number of aromatic nitrogens is 4. The van der Waals surface area contributed by atoms with E-state index >= 15 is 0 Å². The molecule has 0 radical (unpaired) electrons. The predicted octanol–water partition coefficient (Wildman–Crippen LogP) is 11.8. The topological polar surface area (TPSA) is 297 Å². The van der Waals surface area contributed by atoms with E-state index in [1.807, 2.05) is 85.0 Å². The number of hydrogen-bond donors (Lipinski definition) is 9. The lowest BCUT2D eigenvalue weighted by atomic mass is 10.0. The van der Waals surface area contributed by atoms with Gasteiger partial charge in [-0.2, -0.15) is 0 Å². The maximum atomic E-state index is 13.5. The van der Waals surface area contributed by atoms with Crippen LogP contribution >= 0.6 is 0 Å². The number of nitrogens with one attached hydrogen (secondary N) is 8. The van der Waals surface area contributed by atoms with Gasteiger partial charge in [-0.1, -0.05) is 48.5 Å². The molecule has 0 unspecified atom stereocenters. The van der Waals surface area contributed by atoms with Gasteiger partial charge < -0.3 is 61.2 Å². The van der Waals surface area contributed by atoms with Crippen LogP contribution in [0.25, 0.3) is 90.9 Å². The number of carbonyl (C=O) groups is 7. The summed E-state index contributed by atoms with van der Waals surface area (Å²) in [5.41, 5.74) is 9.50. The van der Waals surface area contributed by atoms with Gasteiger partial charge >= 0.3 is 24.2 Å². The lowest BCUT2D eigenvalue weighted by Gasteiger charge is -2.19. The Morgan fingerprint density at radius 3 is 0.789 bits per heavy atom. The molecule has 2 aliphatic rings. The number of carboxylic acids is 1. The number of fused-ring (bicyclic) bond motifs is 8. The van der Waals surface area contributed by atoms with Gasteiger partial charge in [0.15, 0.2) is 0 Å². The van der Waals surface area contributed by atoms with E-state index in [-0.39, 0.29) is 62.6 Å². The predicted molar refractivity (Wildman–Crippen MR) is 347 cm³/mol. The van der Waals surface area contributed by atoms with Crippen molar-refractivity contribution in [1.82, 2.24) is 51.8 Å². The van der Waals surface area contributed by atoms with Crippen LogP contribution in [0.1, 0.15) is 127 Å². The molecule has 0 spiro atoms. The molecule has 0 aliphatic carbocycles. The summed E-state index contributed by atoms with van der Waals surface area (Å²) in [5.74, 6) is -2.14. The smallest absolute Gasteiger partial charge is 0.407 e. The molecule has 2 aliphatic heterocycles. The van der Waals surface area contributed by atoms with E-state index in [1.165, 1.54) is 12.1 Å². The molecule has 5 heterocycles. The largest absolute Gasteiger partial charge is 0.478 e. The average Bonchev–Trinajstić information content (AvgIpc) is 1.63. The number of carbonyl (C=O) groups excluding carboxylic acids is 6. The number of aromatic amines is 2. The van der Waals surface area contributed by atoms with Gasteiger partial charge in [-0.25, -0.2) is 29.1 Å². The van der Waals surface area contributed by atoms with Gasteiger partial charge in [-0.05, 0) is 182 Å². The number of hydrogen-bond acceptors (Lipinski definition) is 12. The van der Waals surface area contributed by atoms with E-state index in [0.717, 1.165) is 0 Å². The van der Waals surface area contributed by atoms with Crippen LogP contribution in [-0.4, -0.2) is 123 Å². The zero-order valence-electron chi connectivity index (χ0n) is 51.5. The Balaban J connectivity index is 1.17. The van der Waals surface area contributed by atoms with E-state index < -0.39 is 41.1 Å². The Kier molecular flexibility index (Phi) is 19.1. The molecule has 6 amide bonds. The van der Waals surface area contributed by atoms with Gasteiger partial charge in [0.25, 0.3) is 17.7 Å². The summed E-state index contributed by atoms with van der Waals surface area (Å²) >= 11 is 0. The molecule has 9 rings (SSSR count). The van der Waals surface area contributed by atoms with Crippen molar-refractivity contribution in [2.24, 2.45) is 0 Å². The molecule has 0 saturated heterocycles. The van der Waals surface area contributed by atoms with Crippen LogP contribution in [0.3, 0.4) is 0 Å². The fourth-order valence-electron chi connectivity index (χ4n) is 9.84. The van der Waals surface area contributed by atoms with Crippen LogP contribution in [0.2, 0.25) is 0 Å². The first-order chi connectivity index (χ1) is 42.8. The first-order valence-electron chi connectivity index (χ1n) is 29.3. The van der Waals surface area contributed by atoms with Crippen molar-refractivity contribution in [3.05, 3.63) is 166 Å². The minimum absolute atomic E-state index is 0.103. The fourth-order valence-corrected chi connectivity index (χ4v) is 9.84. The summed E-state index contributed by atoms with van der Waals surface area (Å²) in [6, 6.07) is 35.5. The van der Waals surface area contributed by atoms with Gasteiger partial charge in [0, 0.05) is 100 Å². The Labute approximate surface area is 520 Å². The average molecular weight is 1220 g/mol. The van der Waals surface area contributed by atoms with E-state index in [4.69, 9.17) is 24.2 Å². The van der Waals surface area contributed by atoms with Crippen LogP contribution in [0.15, 0.2) is 121 Å². The first kappa shape index (κ1) is 63.7. The summed E-state index contributed by atoms with van der Waals surface area (Å²) < 4.78 is 15.9. The Morgan fingerprint density at radius 2 is 0.567 bits per heavy atom. The summed E-state index contributed by atoms with van der Waals surface area (Å²) in [4.78, 5) is 107. The van der Waals surface area contributed by atoms with Crippen molar-refractivity contribution in [1.29, 1.82) is 0 Å². The molecular formula is C69H72N10O11. The number of H-pyrrole nitrogens is 2. The zero-order chi connectivity index (χ0) is 64.5. The third-order valence-corrected chi connectivity index (χ3v) is 13.7. The van der Waals surface area contributed by atoms with E-state index in [9.17, 15) is 38.7 Å². The van der Waals surface area contributed by atoms with Crippen molar-refractivity contribution in [2.75, 3.05) is 39.3 Å². The molecule has 0 fully saturated rings.